The van der Waals surface area contributed by atoms with Gasteiger partial charge in [0.1, 0.15) is 11.9 Å². The molecule has 0 amide bonds. The maximum atomic E-state index is 13.6. The van der Waals surface area contributed by atoms with E-state index in [-0.39, 0.29) is 23.3 Å². The van der Waals surface area contributed by atoms with Gasteiger partial charge in [-0.3, -0.25) is 9.36 Å². The van der Waals surface area contributed by atoms with Gasteiger partial charge in [-0.2, -0.15) is 26.3 Å². The summed E-state index contributed by atoms with van der Waals surface area (Å²) < 4.78 is 81.1. The van der Waals surface area contributed by atoms with Crippen LogP contribution >= 0.6 is 0 Å². The van der Waals surface area contributed by atoms with E-state index in [1.165, 1.54) is 13.0 Å². The second kappa shape index (κ2) is 10.2. The average Bonchev–Trinajstić information content (AvgIpc) is 2.87. The Bertz CT molecular complexity index is 1600. The largest absolute Gasteiger partial charge is 0.430 e. The standard InChI is InChI=1S/C28H20F6N2O3/c1-17(37)7-8-19-9-14-23-22(15-19)25(38)36(24(35-23)16-18-5-3-2-4-6-18)21-12-10-20(11-13-21)26(39,27(29,30)31)28(32,33)34/h2-6,9-15,17,37,39H,16H2,1H3. The van der Waals surface area contributed by atoms with E-state index in [2.05, 4.69) is 16.8 Å². The SMILES string of the molecule is CC(O)C#Cc1ccc2nc(Cc3ccccc3)n(-c3ccc(C(O)(C(F)(F)F)C(F)(F)F)cc3)c(=O)c2c1. The van der Waals surface area contributed by atoms with Gasteiger partial charge in [0.2, 0.25) is 0 Å². The van der Waals surface area contributed by atoms with Crippen molar-refractivity contribution in [1.29, 1.82) is 0 Å². The highest BCUT2D eigenvalue weighted by Gasteiger charge is 2.71. The van der Waals surface area contributed by atoms with E-state index >= 15 is 0 Å². The van der Waals surface area contributed by atoms with Crippen LogP contribution in [-0.2, 0) is 12.0 Å². The van der Waals surface area contributed by atoms with Crippen LogP contribution in [0.1, 0.15) is 29.4 Å². The van der Waals surface area contributed by atoms with E-state index in [0.29, 0.717) is 23.2 Å². The first-order valence-electron chi connectivity index (χ1n) is 11.5. The summed E-state index contributed by atoms with van der Waals surface area (Å²) in [6.07, 6.45) is -12.9. The second-order valence-electron chi connectivity index (χ2n) is 8.76. The molecule has 0 aliphatic rings. The Labute approximate surface area is 218 Å². The quantitative estimate of drug-likeness (QED) is 0.279. The van der Waals surface area contributed by atoms with Crippen LogP contribution in [0.3, 0.4) is 0 Å². The van der Waals surface area contributed by atoms with Crippen LogP contribution in [0.2, 0.25) is 0 Å². The van der Waals surface area contributed by atoms with Crippen molar-refractivity contribution in [2.75, 3.05) is 0 Å². The summed E-state index contributed by atoms with van der Waals surface area (Å²) in [4.78, 5) is 18.2. The molecule has 39 heavy (non-hydrogen) atoms. The zero-order valence-corrected chi connectivity index (χ0v) is 20.2. The van der Waals surface area contributed by atoms with E-state index in [4.69, 9.17) is 0 Å². The highest BCUT2D eigenvalue weighted by molar-refractivity contribution is 5.80. The van der Waals surface area contributed by atoms with E-state index in [1.807, 2.05) is 0 Å². The number of aromatic nitrogens is 2. The predicted octanol–water partition coefficient (Wildman–Crippen LogP) is 5.02. The number of nitrogens with zero attached hydrogens (tertiary/aromatic N) is 2. The number of benzene rings is 3. The molecule has 1 atom stereocenters. The van der Waals surface area contributed by atoms with E-state index < -0.39 is 35.2 Å². The van der Waals surface area contributed by atoms with Gasteiger partial charge in [0.25, 0.3) is 11.2 Å². The van der Waals surface area contributed by atoms with Crippen LogP contribution in [-0.4, -0.2) is 38.2 Å². The summed E-state index contributed by atoms with van der Waals surface area (Å²) in [6.45, 7) is 1.46. The highest BCUT2D eigenvalue weighted by Crippen LogP contribution is 2.50. The minimum absolute atomic E-state index is 0.0590. The Morgan fingerprint density at radius 1 is 0.923 bits per heavy atom. The second-order valence-corrected chi connectivity index (χ2v) is 8.76. The van der Waals surface area contributed by atoms with Crippen LogP contribution in [0, 0.1) is 11.8 Å². The maximum Gasteiger partial charge on any atom is 0.430 e. The number of hydrogen-bond acceptors (Lipinski definition) is 4. The van der Waals surface area contributed by atoms with Gasteiger partial charge in [-0.15, -0.1) is 0 Å². The molecule has 0 fully saturated rings. The third-order valence-electron chi connectivity index (χ3n) is 5.93. The molecule has 0 aliphatic heterocycles. The fraction of sp³-hybridized carbons (Fsp3) is 0.214. The summed E-state index contributed by atoms with van der Waals surface area (Å²) >= 11 is 0. The number of rotatable bonds is 4. The lowest BCUT2D eigenvalue weighted by Gasteiger charge is -2.32. The molecule has 4 aromatic rings. The summed E-state index contributed by atoms with van der Waals surface area (Å²) in [7, 11) is 0. The molecular formula is C28H20F6N2O3. The monoisotopic (exact) mass is 546 g/mol. The van der Waals surface area contributed by atoms with Gasteiger partial charge in [0.05, 0.1) is 16.6 Å². The van der Waals surface area contributed by atoms with Crippen LogP contribution in [0.4, 0.5) is 26.3 Å². The number of aliphatic hydroxyl groups is 2. The summed E-state index contributed by atoms with van der Waals surface area (Å²) in [6, 6.07) is 16.2. The molecule has 0 aliphatic carbocycles. The Balaban J connectivity index is 1.92. The fourth-order valence-electron chi connectivity index (χ4n) is 4.00. The molecule has 11 heteroatoms. The number of alkyl halides is 6. The first kappa shape index (κ1) is 27.9. The van der Waals surface area contributed by atoms with Crippen molar-refractivity contribution >= 4 is 10.9 Å². The minimum Gasteiger partial charge on any atom is -0.381 e. The molecule has 3 aromatic carbocycles. The Morgan fingerprint density at radius 3 is 2.10 bits per heavy atom. The van der Waals surface area contributed by atoms with Crippen molar-refractivity contribution in [1.82, 2.24) is 9.55 Å². The predicted molar refractivity (Wildman–Crippen MR) is 131 cm³/mol. The Hall–Kier alpha value is -4.14. The van der Waals surface area contributed by atoms with Gasteiger partial charge in [-0.25, -0.2) is 4.98 Å². The third-order valence-corrected chi connectivity index (χ3v) is 5.93. The minimum atomic E-state index is -6.05. The van der Waals surface area contributed by atoms with E-state index in [9.17, 15) is 41.4 Å². The molecule has 1 heterocycles. The lowest BCUT2D eigenvalue weighted by molar-refractivity contribution is -0.376. The molecule has 5 nitrogen and oxygen atoms in total. The number of aliphatic hydroxyl groups excluding tert-OH is 1. The first-order chi connectivity index (χ1) is 18.2. The lowest BCUT2D eigenvalue weighted by Crippen LogP contribution is -2.53. The van der Waals surface area contributed by atoms with Gasteiger partial charge in [0, 0.05) is 17.5 Å². The van der Waals surface area contributed by atoms with Crippen molar-refractivity contribution < 1.29 is 36.6 Å². The summed E-state index contributed by atoms with van der Waals surface area (Å²) in [5.74, 6) is 5.44. The van der Waals surface area contributed by atoms with Gasteiger partial charge < -0.3 is 10.2 Å². The van der Waals surface area contributed by atoms with Crippen LogP contribution < -0.4 is 5.56 Å². The highest BCUT2D eigenvalue weighted by atomic mass is 19.4. The topological polar surface area (TPSA) is 75.3 Å². The zero-order valence-electron chi connectivity index (χ0n) is 20.2. The molecule has 0 spiro atoms. The van der Waals surface area contributed by atoms with E-state index in [0.717, 1.165) is 22.3 Å². The molecule has 0 saturated heterocycles. The molecule has 0 bridgehead atoms. The van der Waals surface area contributed by atoms with Gasteiger partial charge in [-0.1, -0.05) is 54.3 Å². The lowest BCUT2D eigenvalue weighted by atomic mass is 9.92. The molecule has 202 valence electrons. The van der Waals surface area contributed by atoms with Crippen molar-refractivity contribution in [2.45, 2.75) is 37.4 Å². The van der Waals surface area contributed by atoms with E-state index in [1.54, 1.807) is 42.5 Å². The molecule has 2 N–H and O–H groups in total. The van der Waals surface area contributed by atoms with Crippen LogP contribution in [0.5, 0.6) is 0 Å². The summed E-state index contributed by atoms with van der Waals surface area (Å²) in [5.41, 5.74) is -5.82. The van der Waals surface area contributed by atoms with Gasteiger partial charge >= 0.3 is 12.4 Å². The maximum absolute atomic E-state index is 13.6. The average molecular weight is 546 g/mol. The molecule has 1 unspecified atom stereocenters. The molecule has 0 saturated carbocycles. The van der Waals surface area contributed by atoms with Crippen LogP contribution in [0.15, 0.2) is 77.6 Å². The smallest absolute Gasteiger partial charge is 0.381 e. The third kappa shape index (κ3) is 5.39. The number of halogens is 6. The molecule has 4 rings (SSSR count). The Morgan fingerprint density at radius 2 is 1.54 bits per heavy atom. The fourth-order valence-corrected chi connectivity index (χ4v) is 4.00. The van der Waals surface area contributed by atoms with Crippen molar-refractivity contribution in [3.05, 3.63) is 106 Å². The van der Waals surface area contributed by atoms with Gasteiger partial charge in [-0.05, 0) is 42.8 Å². The summed E-state index contributed by atoms with van der Waals surface area (Å²) in [5, 5.41) is 19.2. The normalized spacial score (nSPS) is 13.2. The molecular weight excluding hydrogens is 526 g/mol. The number of fused-ring (bicyclic) bond motifs is 1. The van der Waals surface area contributed by atoms with Crippen LogP contribution in [0.25, 0.3) is 16.6 Å². The zero-order chi connectivity index (χ0) is 28.6. The van der Waals surface area contributed by atoms with Gasteiger partial charge in [0.15, 0.2) is 0 Å². The molecule has 0 radical (unpaired) electrons. The molecule has 1 aromatic heterocycles. The van der Waals surface area contributed by atoms with Crippen molar-refractivity contribution in [3.63, 3.8) is 0 Å². The van der Waals surface area contributed by atoms with Crippen molar-refractivity contribution in [2.24, 2.45) is 0 Å². The van der Waals surface area contributed by atoms with Crippen molar-refractivity contribution in [3.8, 4) is 17.5 Å². The Kier molecular flexibility index (Phi) is 7.29. The first-order valence-corrected chi connectivity index (χ1v) is 11.5. The number of hydrogen-bond donors (Lipinski definition) is 2.